The van der Waals surface area contributed by atoms with Crippen molar-refractivity contribution in [2.45, 2.75) is 69.8 Å². The van der Waals surface area contributed by atoms with E-state index in [9.17, 15) is 18.3 Å². The molecule has 0 unspecified atom stereocenters. The third-order valence-corrected chi connectivity index (χ3v) is 6.87. The molecule has 23 heavy (non-hydrogen) atoms. The zero-order valence-electron chi connectivity index (χ0n) is 13.9. The highest BCUT2D eigenvalue weighted by atomic mass is 32.2. The molecular weight excluding hydrogens is 316 g/mol. The zero-order valence-corrected chi connectivity index (χ0v) is 14.7. The predicted molar refractivity (Wildman–Crippen MR) is 89.5 cm³/mol. The normalized spacial score (nSPS) is 22.1. The van der Waals surface area contributed by atoms with E-state index in [1.165, 1.54) is 0 Å². The van der Waals surface area contributed by atoms with Gasteiger partial charge >= 0.3 is 0 Å². The molecule has 2 rings (SSSR count). The number of nitrogens with one attached hydrogen (secondary N) is 1. The highest BCUT2D eigenvalue weighted by Gasteiger charge is 2.31. The minimum Gasteiger partial charge on any atom is -0.388 e. The van der Waals surface area contributed by atoms with Gasteiger partial charge in [0.15, 0.2) is 0 Å². The number of hydrogen-bond acceptors (Lipinski definition) is 4. The number of carbonyl (C=O) groups excluding carboxylic acids is 1. The van der Waals surface area contributed by atoms with Gasteiger partial charge in [-0.25, -0.2) is 12.7 Å². The lowest BCUT2D eigenvalue weighted by Gasteiger charge is -2.25. The Labute approximate surface area is 139 Å². The van der Waals surface area contributed by atoms with Crippen LogP contribution in [0.5, 0.6) is 0 Å². The molecule has 6 nitrogen and oxygen atoms in total. The van der Waals surface area contributed by atoms with Crippen LogP contribution in [0.4, 0.5) is 0 Å². The first-order chi connectivity index (χ1) is 10.9. The monoisotopic (exact) mass is 346 g/mol. The maximum absolute atomic E-state index is 12.2. The Balaban J connectivity index is 1.59. The Morgan fingerprint density at radius 2 is 1.70 bits per heavy atom. The molecule has 1 saturated carbocycles. The van der Waals surface area contributed by atoms with Crippen LogP contribution in [-0.2, 0) is 14.8 Å². The fourth-order valence-electron chi connectivity index (χ4n) is 3.40. The molecule has 0 aromatic rings. The van der Waals surface area contributed by atoms with Gasteiger partial charge in [-0.2, -0.15) is 0 Å². The lowest BCUT2D eigenvalue weighted by Crippen LogP contribution is -2.40. The summed E-state index contributed by atoms with van der Waals surface area (Å²) in [6, 6.07) is 0. The molecule has 134 valence electrons. The Bertz CT molecular complexity index is 480. The summed E-state index contributed by atoms with van der Waals surface area (Å²) in [6.07, 6.45) is 7.94. The van der Waals surface area contributed by atoms with Crippen LogP contribution >= 0.6 is 0 Å². The predicted octanol–water partition coefficient (Wildman–Crippen LogP) is 1.39. The number of unbranched alkanes of at least 4 members (excludes halogenated alkanes) is 1. The average molecular weight is 346 g/mol. The van der Waals surface area contributed by atoms with E-state index in [0.29, 0.717) is 38.9 Å². The van der Waals surface area contributed by atoms with Gasteiger partial charge in [-0.15, -0.1) is 0 Å². The highest BCUT2D eigenvalue weighted by Crippen LogP contribution is 2.28. The maximum Gasteiger partial charge on any atom is 0.220 e. The van der Waals surface area contributed by atoms with Crippen molar-refractivity contribution in [3.05, 3.63) is 0 Å². The Morgan fingerprint density at radius 1 is 1.04 bits per heavy atom. The third-order valence-electron chi connectivity index (χ3n) is 4.91. The first kappa shape index (κ1) is 18.7. The van der Waals surface area contributed by atoms with E-state index in [2.05, 4.69) is 5.32 Å². The number of hydrogen-bond donors (Lipinski definition) is 2. The van der Waals surface area contributed by atoms with E-state index in [1.807, 2.05) is 0 Å². The van der Waals surface area contributed by atoms with Gasteiger partial charge in [0.2, 0.25) is 15.9 Å². The Hall–Kier alpha value is -0.660. The molecule has 1 saturated heterocycles. The Morgan fingerprint density at radius 3 is 2.35 bits per heavy atom. The molecule has 2 N–H and O–H groups in total. The standard InChI is InChI=1S/C16H30N2O4S/c19-15(17-14-16(20)9-3-4-10-16)8-2-7-13-23(21,22)18-11-5-1-6-12-18/h20H,1-14H2,(H,17,19). The van der Waals surface area contributed by atoms with Crippen molar-refractivity contribution in [2.24, 2.45) is 0 Å². The van der Waals surface area contributed by atoms with Crippen molar-refractivity contribution in [1.29, 1.82) is 0 Å². The fourth-order valence-corrected chi connectivity index (χ4v) is 5.05. The maximum atomic E-state index is 12.2. The number of rotatable bonds is 8. The van der Waals surface area contributed by atoms with Crippen molar-refractivity contribution >= 4 is 15.9 Å². The van der Waals surface area contributed by atoms with Crippen LogP contribution in [0.1, 0.15) is 64.2 Å². The van der Waals surface area contributed by atoms with E-state index in [4.69, 9.17) is 0 Å². The van der Waals surface area contributed by atoms with E-state index in [0.717, 1.165) is 44.9 Å². The van der Waals surface area contributed by atoms with Crippen molar-refractivity contribution in [2.75, 3.05) is 25.4 Å². The number of nitrogens with zero attached hydrogens (tertiary/aromatic N) is 1. The summed E-state index contributed by atoms with van der Waals surface area (Å²) in [5.74, 6) is 0.0326. The van der Waals surface area contributed by atoms with E-state index < -0.39 is 15.6 Å². The van der Waals surface area contributed by atoms with Crippen LogP contribution in [0.15, 0.2) is 0 Å². The highest BCUT2D eigenvalue weighted by molar-refractivity contribution is 7.89. The van der Waals surface area contributed by atoms with E-state index in [-0.39, 0.29) is 11.7 Å². The molecule has 1 amide bonds. The van der Waals surface area contributed by atoms with E-state index in [1.54, 1.807) is 4.31 Å². The van der Waals surface area contributed by atoms with Crippen LogP contribution in [0.2, 0.25) is 0 Å². The van der Waals surface area contributed by atoms with Gasteiger partial charge in [-0.05, 0) is 38.5 Å². The van der Waals surface area contributed by atoms with Gasteiger partial charge in [-0.3, -0.25) is 4.79 Å². The molecule has 1 aliphatic heterocycles. The average Bonchev–Trinajstić information content (AvgIpc) is 2.98. The molecule has 1 aliphatic carbocycles. The summed E-state index contributed by atoms with van der Waals surface area (Å²) in [5, 5.41) is 12.9. The van der Waals surface area contributed by atoms with Crippen LogP contribution in [-0.4, -0.2) is 54.7 Å². The summed E-state index contributed by atoms with van der Waals surface area (Å²) in [6.45, 7) is 1.60. The van der Waals surface area contributed by atoms with Gasteiger partial charge in [0.25, 0.3) is 0 Å². The second-order valence-corrected chi connectivity index (χ2v) is 9.03. The van der Waals surface area contributed by atoms with Crippen molar-refractivity contribution < 1.29 is 18.3 Å². The lowest BCUT2D eigenvalue weighted by atomic mass is 10.0. The van der Waals surface area contributed by atoms with Crippen LogP contribution in [0.25, 0.3) is 0 Å². The lowest BCUT2D eigenvalue weighted by molar-refractivity contribution is -0.122. The Kier molecular flexibility index (Phi) is 6.85. The van der Waals surface area contributed by atoms with Crippen LogP contribution < -0.4 is 5.32 Å². The summed E-state index contributed by atoms with van der Waals surface area (Å²) in [7, 11) is -3.15. The smallest absolute Gasteiger partial charge is 0.220 e. The van der Waals surface area contributed by atoms with Crippen molar-refractivity contribution in [3.63, 3.8) is 0 Å². The fraction of sp³-hybridized carbons (Fsp3) is 0.938. The van der Waals surface area contributed by atoms with Gasteiger partial charge in [0.1, 0.15) is 0 Å². The zero-order chi connectivity index (χ0) is 16.8. The van der Waals surface area contributed by atoms with Gasteiger partial charge < -0.3 is 10.4 Å². The van der Waals surface area contributed by atoms with Crippen LogP contribution in [0.3, 0.4) is 0 Å². The number of aliphatic hydroxyl groups is 1. The molecule has 0 spiro atoms. The first-order valence-electron chi connectivity index (χ1n) is 8.88. The molecule has 1 heterocycles. The molecule has 0 radical (unpaired) electrons. The number of carbonyl (C=O) groups is 1. The first-order valence-corrected chi connectivity index (χ1v) is 10.5. The van der Waals surface area contributed by atoms with Gasteiger partial charge in [0, 0.05) is 26.1 Å². The number of amides is 1. The molecule has 0 bridgehead atoms. The van der Waals surface area contributed by atoms with Gasteiger partial charge in [0.05, 0.1) is 11.4 Å². The number of piperidine rings is 1. The van der Waals surface area contributed by atoms with Crippen molar-refractivity contribution in [1.82, 2.24) is 9.62 Å². The quantitative estimate of drug-likeness (QED) is 0.650. The molecule has 7 heteroatoms. The molecule has 0 atom stereocenters. The second kappa shape index (κ2) is 8.44. The second-order valence-electron chi connectivity index (χ2n) is 6.94. The molecule has 2 aliphatic rings. The third kappa shape index (κ3) is 6.04. The minimum atomic E-state index is -3.15. The summed E-state index contributed by atoms with van der Waals surface area (Å²) in [4.78, 5) is 11.8. The summed E-state index contributed by atoms with van der Waals surface area (Å²) >= 11 is 0. The summed E-state index contributed by atoms with van der Waals surface area (Å²) in [5.41, 5.74) is -0.729. The topological polar surface area (TPSA) is 86.7 Å². The van der Waals surface area contributed by atoms with Gasteiger partial charge in [-0.1, -0.05) is 19.3 Å². The van der Waals surface area contributed by atoms with Crippen molar-refractivity contribution in [3.8, 4) is 0 Å². The largest absolute Gasteiger partial charge is 0.388 e. The van der Waals surface area contributed by atoms with Crippen LogP contribution in [0, 0.1) is 0 Å². The molecule has 2 fully saturated rings. The number of sulfonamides is 1. The SMILES string of the molecule is O=C(CCCCS(=O)(=O)N1CCCCC1)NCC1(O)CCCC1. The molecular formula is C16H30N2O4S. The summed E-state index contributed by atoms with van der Waals surface area (Å²) < 4.78 is 25.9. The van der Waals surface area contributed by atoms with E-state index >= 15 is 0 Å². The minimum absolute atomic E-state index is 0.0966. The molecule has 0 aromatic carbocycles. The molecule has 0 aromatic heterocycles.